The van der Waals surface area contributed by atoms with Crippen molar-refractivity contribution in [1.29, 1.82) is 0 Å². The van der Waals surface area contributed by atoms with Crippen molar-refractivity contribution in [2.24, 2.45) is 0 Å². The SMILES string of the molecule is O=C(c1cc(=O)[nH]c2ccccc12)N1CCN(CC(F)(F)F)CC1. The van der Waals surface area contributed by atoms with E-state index < -0.39 is 12.7 Å². The number of rotatable bonds is 2. The lowest BCUT2D eigenvalue weighted by Crippen LogP contribution is -2.51. The number of benzene rings is 1. The Hall–Kier alpha value is -2.35. The number of carbonyl (C=O) groups is 1. The molecule has 1 aromatic carbocycles. The fourth-order valence-electron chi connectivity index (χ4n) is 2.91. The van der Waals surface area contributed by atoms with E-state index in [0.717, 1.165) is 0 Å². The van der Waals surface area contributed by atoms with Crippen LogP contribution < -0.4 is 5.56 Å². The molecule has 0 atom stereocenters. The molecule has 1 N–H and O–H groups in total. The summed E-state index contributed by atoms with van der Waals surface area (Å²) >= 11 is 0. The van der Waals surface area contributed by atoms with Crippen molar-refractivity contribution in [3.63, 3.8) is 0 Å². The number of piperazine rings is 1. The Morgan fingerprint density at radius 2 is 1.79 bits per heavy atom. The van der Waals surface area contributed by atoms with Gasteiger partial charge in [0, 0.05) is 43.1 Å². The summed E-state index contributed by atoms with van der Waals surface area (Å²) in [6.45, 7) is -0.242. The van der Waals surface area contributed by atoms with E-state index in [1.165, 1.54) is 15.9 Å². The maximum atomic E-state index is 12.7. The molecule has 1 saturated heterocycles. The number of alkyl halides is 3. The standard InChI is InChI=1S/C16H16F3N3O2/c17-16(18,19)10-21-5-7-22(8-6-21)15(24)12-9-14(23)20-13-4-2-1-3-11(12)13/h1-4,9H,5-8,10H2,(H,20,23). The minimum atomic E-state index is -4.24. The first-order valence-corrected chi connectivity index (χ1v) is 7.54. The molecule has 1 fully saturated rings. The van der Waals surface area contributed by atoms with Crippen LogP contribution in [0.3, 0.4) is 0 Å². The third kappa shape index (κ3) is 3.59. The first-order valence-electron chi connectivity index (χ1n) is 7.54. The van der Waals surface area contributed by atoms with Crippen LogP contribution in [0, 0.1) is 0 Å². The quantitative estimate of drug-likeness (QED) is 0.908. The van der Waals surface area contributed by atoms with E-state index in [1.807, 2.05) is 0 Å². The Morgan fingerprint density at radius 1 is 1.12 bits per heavy atom. The molecule has 1 aromatic heterocycles. The van der Waals surface area contributed by atoms with Crippen molar-refractivity contribution < 1.29 is 18.0 Å². The minimum Gasteiger partial charge on any atom is -0.336 e. The van der Waals surface area contributed by atoms with Gasteiger partial charge in [0.2, 0.25) is 5.56 Å². The zero-order valence-electron chi connectivity index (χ0n) is 12.8. The number of halogens is 3. The van der Waals surface area contributed by atoms with Crippen LogP contribution in [-0.4, -0.2) is 59.6 Å². The largest absolute Gasteiger partial charge is 0.401 e. The van der Waals surface area contributed by atoms with Crippen LogP contribution >= 0.6 is 0 Å². The number of aromatic amines is 1. The number of hydrogen-bond acceptors (Lipinski definition) is 3. The van der Waals surface area contributed by atoms with Crippen molar-refractivity contribution in [1.82, 2.24) is 14.8 Å². The zero-order valence-corrected chi connectivity index (χ0v) is 12.8. The average Bonchev–Trinajstić information content (AvgIpc) is 2.52. The number of carbonyl (C=O) groups excluding carboxylic acids is 1. The first kappa shape index (κ1) is 16.5. The summed E-state index contributed by atoms with van der Waals surface area (Å²) in [6, 6.07) is 8.20. The molecule has 0 unspecified atom stereocenters. The monoisotopic (exact) mass is 339 g/mol. The maximum Gasteiger partial charge on any atom is 0.401 e. The van der Waals surface area contributed by atoms with E-state index in [0.29, 0.717) is 10.9 Å². The summed E-state index contributed by atoms with van der Waals surface area (Å²) in [7, 11) is 0. The van der Waals surface area contributed by atoms with E-state index in [1.54, 1.807) is 24.3 Å². The van der Waals surface area contributed by atoms with Gasteiger partial charge in [-0.1, -0.05) is 18.2 Å². The first-order chi connectivity index (χ1) is 11.3. The number of para-hydroxylation sites is 1. The highest BCUT2D eigenvalue weighted by atomic mass is 19.4. The normalized spacial score (nSPS) is 16.5. The van der Waals surface area contributed by atoms with Crippen molar-refractivity contribution in [2.75, 3.05) is 32.7 Å². The predicted octanol–water partition coefficient (Wildman–Crippen LogP) is 1.85. The highest BCUT2D eigenvalue weighted by Crippen LogP contribution is 2.20. The Balaban J connectivity index is 1.78. The van der Waals surface area contributed by atoms with Gasteiger partial charge in [-0.3, -0.25) is 14.5 Å². The van der Waals surface area contributed by atoms with Gasteiger partial charge in [-0.15, -0.1) is 0 Å². The van der Waals surface area contributed by atoms with Gasteiger partial charge in [-0.25, -0.2) is 0 Å². The molecule has 0 radical (unpaired) electrons. The van der Waals surface area contributed by atoms with E-state index in [9.17, 15) is 22.8 Å². The van der Waals surface area contributed by atoms with Crippen LogP contribution in [0.1, 0.15) is 10.4 Å². The lowest BCUT2D eigenvalue weighted by molar-refractivity contribution is -0.148. The molecule has 8 heteroatoms. The fourth-order valence-corrected chi connectivity index (χ4v) is 2.91. The summed E-state index contributed by atoms with van der Waals surface area (Å²) in [4.78, 5) is 29.9. The second kappa shape index (κ2) is 6.27. The lowest BCUT2D eigenvalue weighted by atomic mass is 10.1. The molecule has 0 bridgehead atoms. The second-order valence-electron chi connectivity index (χ2n) is 5.78. The van der Waals surface area contributed by atoms with Gasteiger partial charge in [0.15, 0.2) is 0 Å². The van der Waals surface area contributed by atoms with E-state index in [2.05, 4.69) is 4.98 Å². The Labute approximate surface area is 135 Å². The molecule has 0 spiro atoms. The van der Waals surface area contributed by atoms with Crippen LogP contribution in [0.25, 0.3) is 10.9 Å². The van der Waals surface area contributed by atoms with Crippen molar-refractivity contribution in [2.45, 2.75) is 6.18 Å². The van der Waals surface area contributed by atoms with E-state index in [4.69, 9.17) is 0 Å². The highest BCUT2D eigenvalue weighted by molar-refractivity contribution is 6.05. The van der Waals surface area contributed by atoms with Crippen LogP contribution in [0.15, 0.2) is 35.1 Å². The highest BCUT2D eigenvalue weighted by Gasteiger charge is 2.33. The second-order valence-corrected chi connectivity index (χ2v) is 5.78. The number of pyridine rings is 1. The minimum absolute atomic E-state index is 0.159. The summed E-state index contributed by atoms with van der Waals surface area (Å²) in [6.07, 6.45) is -4.24. The predicted molar refractivity (Wildman–Crippen MR) is 83.0 cm³/mol. The Morgan fingerprint density at radius 3 is 2.46 bits per heavy atom. The number of amides is 1. The van der Waals surface area contributed by atoms with Crippen LogP contribution in [0.5, 0.6) is 0 Å². The molecule has 2 heterocycles. The summed E-state index contributed by atoms with van der Waals surface area (Å²) in [5.41, 5.74) is 0.454. The molecule has 0 aliphatic carbocycles. The van der Waals surface area contributed by atoms with Crippen LogP contribution in [-0.2, 0) is 0 Å². The Kier molecular flexibility index (Phi) is 4.31. The molecule has 1 aliphatic heterocycles. The molecular formula is C16H16F3N3O2. The van der Waals surface area contributed by atoms with Crippen molar-refractivity contribution in [3.05, 3.63) is 46.2 Å². The summed E-state index contributed by atoms with van der Waals surface area (Å²) < 4.78 is 37.3. The van der Waals surface area contributed by atoms with Gasteiger partial charge in [0.05, 0.1) is 12.1 Å². The molecule has 2 aromatic rings. The molecule has 1 aliphatic rings. The molecular weight excluding hydrogens is 323 g/mol. The third-order valence-corrected chi connectivity index (χ3v) is 4.04. The zero-order chi connectivity index (χ0) is 17.3. The van der Waals surface area contributed by atoms with E-state index >= 15 is 0 Å². The van der Waals surface area contributed by atoms with E-state index in [-0.39, 0.29) is 43.2 Å². The number of nitrogens with zero attached hydrogens (tertiary/aromatic N) is 2. The molecule has 24 heavy (non-hydrogen) atoms. The van der Waals surface area contributed by atoms with Gasteiger partial charge >= 0.3 is 6.18 Å². The number of nitrogens with one attached hydrogen (secondary N) is 1. The number of aromatic nitrogens is 1. The van der Waals surface area contributed by atoms with Gasteiger partial charge in [0.25, 0.3) is 5.91 Å². The summed E-state index contributed by atoms with van der Waals surface area (Å²) in [5, 5.41) is 0.625. The Bertz CT molecular complexity index is 808. The number of H-pyrrole nitrogens is 1. The van der Waals surface area contributed by atoms with Crippen LogP contribution in [0.2, 0.25) is 0 Å². The number of hydrogen-bond donors (Lipinski definition) is 1. The average molecular weight is 339 g/mol. The molecule has 3 rings (SSSR count). The fraction of sp³-hybridized carbons (Fsp3) is 0.375. The van der Waals surface area contributed by atoms with Crippen LogP contribution in [0.4, 0.5) is 13.2 Å². The lowest BCUT2D eigenvalue weighted by Gasteiger charge is -2.35. The third-order valence-electron chi connectivity index (χ3n) is 4.04. The van der Waals surface area contributed by atoms with Gasteiger partial charge in [-0.05, 0) is 6.07 Å². The van der Waals surface area contributed by atoms with Crippen molar-refractivity contribution in [3.8, 4) is 0 Å². The molecule has 128 valence electrons. The molecule has 1 amide bonds. The maximum absolute atomic E-state index is 12.7. The van der Waals surface area contributed by atoms with Gasteiger partial charge in [0.1, 0.15) is 0 Å². The van der Waals surface area contributed by atoms with Crippen molar-refractivity contribution >= 4 is 16.8 Å². The number of fused-ring (bicyclic) bond motifs is 1. The molecule has 0 saturated carbocycles. The smallest absolute Gasteiger partial charge is 0.336 e. The van der Waals surface area contributed by atoms with Gasteiger partial charge in [-0.2, -0.15) is 13.2 Å². The summed E-state index contributed by atoms with van der Waals surface area (Å²) in [5.74, 6) is -0.330. The van der Waals surface area contributed by atoms with Gasteiger partial charge < -0.3 is 9.88 Å². The topological polar surface area (TPSA) is 56.4 Å². The molecule has 5 nitrogen and oxygen atoms in total.